The molecule has 0 radical (unpaired) electrons. The third kappa shape index (κ3) is 5.47. The van der Waals surface area contributed by atoms with Gasteiger partial charge in [-0.25, -0.2) is 4.79 Å². The van der Waals surface area contributed by atoms with E-state index in [1.54, 1.807) is 44.7 Å². The number of hydrogen-bond donors (Lipinski definition) is 2. The zero-order valence-electron chi connectivity index (χ0n) is 15.5. The molecule has 27 heavy (non-hydrogen) atoms. The Labute approximate surface area is 158 Å². The molecule has 2 amide bonds. The van der Waals surface area contributed by atoms with E-state index in [0.29, 0.717) is 11.8 Å². The zero-order valence-corrected chi connectivity index (χ0v) is 15.5. The molecule has 0 spiro atoms. The summed E-state index contributed by atoms with van der Waals surface area (Å²) in [7, 11) is 3.15. The van der Waals surface area contributed by atoms with Gasteiger partial charge in [0.25, 0.3) is 0 Å². The number of methoxy groups -OCH3 is 2. The predicted octanol–water partition coefficient (Wildman–Crippen LogP) is 3.01. The number of urea groups is 1. The van der Waals surface area contributed by atoms with Gasteiger partial charge < -0.3 is 24.8 Å². The molecule has 0 saturated heterocycles. The number of rotatable bonds is 6. The van der Waals surface area contributed by atoms with Crippen LogP contribution in [-0.2, 0) is 0 Å². The molecule has 1 fully saturated rings. The molecular formula is C19H24N4O4. The number of benzene rings is 1. The van der Waals surface area contributed by atoms with E-state index in [4.69, 9.17) is 14.2 Å². The van der Waals surface area contributed by atoms with Crippen molar-refractivity contribution in [3.05, 3.63) is 36.7 Å². The van der Waals surface area contributed by atoms with Crippen molar-refractivity contribution < 1.29 is 19.0 Å². The Morgan fingerprint density at radius 2 is 1.70 bits per heavy atom. The summed E-state index contributed by atoms with van der Waals surface area (Å²) in [6.45, 7) is 0. The van der Waals surface area contributed by atoms with Crippen LogP contribution in [0.15, 0.2) is 36.7 Å². The third-order valence-corrected chi connectivity index (χ3v) is 4.44. The van der Waals surface area contributed by atoms with Crippen LogP contribution in [-0.4, -0.2) is 42.4 Å². The molecule has 0 bridgehead atoms. The number of nitrogens with one attached hydrogen (secondary N) is 2. The molecule has 1 heterocycles. The van der Waals surface area contributed by atoms with Gasteiger partial charge >= 0.3 is 6.03 Å². The average molecular weight is 372 g/mol. The first kappa shape index (κ1) is 18.8. The van der Waals surface area contributed by atoms with E-state index in [9.17, 15) is 4.79 Å². The number of hydrogen-bond acceptors (Lipinski definition) is 6. The number of ether oxygens (including phenoxy) is 3. The van der Waals surface area contributed by atoms with E-state index < -0.39 is 0 Å². The summed E-state index contributed by atoms with van der Waals surface area (Å²) >= 11 is 0. The van der Waals surface area contributed by atoms with E-state index in [-0.39, 0.29) is 18.2 Å². The van der Waals surface area contributed by atoms with E-state index in [2.05, 4.69) is 20.6 Å². The maximum atomic E-state index is 12.2. The lowest BCUT2D eigenvalue weighted by molar-refractivity contribution is 0.134. The SMILES string of the molecule is COc1ccc(NC(=O)NC2CCC(Oc3cncc(OC)n3)CC2)cc1. The third-order valence-electron chi connectivity index (χ3n) is 4.44. The molecule has 3 rings (SSSR count). The van der Waals surface area contributed by atoms with Gasteiger partial charge in [-0.1, -0.05) is 0 Å². The zero-order chi connectivity index (χ0) is 19.1. The molecule has 2 aromatic rings. The van der Waals surface area contributed by atoms with Gasteiger partial charge in [0.1, 0.15) is 11.9 Å². The molecule has 1 aliphatic carbocycles. The summed E-state index contributed by atoms with van der Waals surface area (Å²) < 4.78 is 16.0. The lowest BCUT2D eigenvalue weighted by Crippen LogP contribution is -2.41. The largest absolute Gasteiger partial charge is 0.497 e. The fourth-order valence-electron chi connectivity index (χ4n) is 3.01. The van der Waals surface area contributed by atoms with Gasteiger partial charge in [0.2, 0.25) is 11.8 Å². The van der Waals surface area contributed by atoms with Gasteiger partial charge in [0.15, 0.2) is 0 Å². The molecule has 2 N–H and O–H groups in total. The highest BCUT2D eigenvalue weighted by molar-refractivity contribution is 5.89. The summed E-state index contributed by atoms with van der Waals surface area (Å²) in [6.07, 6.45) is 6.55. The molecule has 8 nitrogen and oxygen atoms in total. The van der Waals surface area contributed by atoms with E-state index in [0.717, 1.165) is 37.1 Å². The summed E-state index contributed by atoms with van der Waals surface area (Å²) in [5.41, 5.74) is 0.724. The Balaban J connectivity index is 1.42. The van der Waals surface area contributed by atoms with Gasteiger partial charge in [-0.2, -0.15) is 4.98 Å². The quantitative estimate of drug-likeness (QED) is 0.809. The smallest absolute Gasteiger partial charge is 0.319 e. The van der Waals surface area contributed by atoms with Crippen molar-refractivity contribution in [1.29, 1.82) is 0 Å². The molecule has 1 aromatic heterocycles. The van der Waals surface area contributed by atoms with Crippen LogP contribution < -0.4 is 24.8 Å². The molecule has 0 atom stereocenters. The Morgan fingerprint density at radius 3 is 2.37 bits per heavy atom. The number of aromatic nitrogens is 2. The first-order valence-corrected chi connectivity index (χ1v) is 8.90. The fraction of sp³-hybridized carbons (Fsp3) is 0.421. The normalized spacial score (nSPS) is 19.0. The summed E-state index contributed by atoms with van der Waals surface area (Å²) in [5, 5.41) is 5.85. The number of amides is 2. The van der Waals surface area contributed by atoms with Crippen LogP contribution in [0.1, 0.15) is 25.7 Å². The maximum Gasteiger partial charge on any atom is 0.319 e. The van der Waals surface area contributed by atoms with Crippen LogP contribution in [0, 0.1) is 0 Å². The minimum Gasteiger partial charge on any atom is -0.497 e. The highest BCUT2D eigenvalue weighted by Crippen LogP contribution is 2.23. The average Bonchev–Trinajstić information content (AvgIpc) is 2.70. The van der Waals surface area contributed by atoms with Gasteiger partial charge in [-0.15, -0.1) is 0 Å². The Kier molecular flexibility index (Phi) is 6.30. The number of anilines is 1. The van der Waals surface area contributed by atoms with Crippen molar-refractivity contribution in [3.8, 4) is 17.5 Å². The second-order valence-electron chi connectivity index (χ2n) is 6.32. The highest BCUT2D eigenvalue weighted by atomic mass is 16.5. The van der Waals surface area contributed by atoms with Crippen molar-refractivity contribution in [2.24, 2.45) is 0 Å². The maximum absolute atomic E-state index is 12.2. The molecule has 0 aliphatic heterocycles. The first-order chi connectivity index (χ1) is 13.2. The molecule has 144 valence electrons. The van der Waals surface area contributed by atoms with Crippen LogP contribution in [0.2, 0.25) is 0 Å². The fourth-order valence-corrected chi connectivity index (χ4v) is 3.01. The minimum atomic E-state index is -0.205. The van der Waals surface area contributed by atoms with Crippen LogP contribution in [0.4, 0.5) is 10.5 Å². The topological polar surface area (TPSA) is 94.6 Å². The minimum absolute atomic E-state index is 0.0640. The molecule has 1 aromatic carbocycles. The Morgan fingerprint density at radius 1 is 1.00 bits per heavy atom. The van der Waals surface area contributed by atoms with Gasteiger partial charge in [-0.3, -0.25) is 4.98 Å². The van der Waals surface area contributed by atoms with Crippen molar-refractivity contribution >= 4 is 11.7 Å². The first-order valence-electron chi connectivity index (χ1n) is 8.90. The van der Waals surface area contributed by atoms with Crippen molar-refractivity contribution in [2.45, 2.75) is 37.8 Å². The Hall–Kier alpha value is -3.03. The molecule has 1 aliphatic rings. The van der Waals surface area contributed by atoms with Gasteiger partial charge in [0, 0.05) is 11.7 Å². The van der Waals surface area contributed by atoms with Gasteiger partial charge in [0.05, 0.1) is 26.6 Å². The van der Waals surface area contributed by atoms with E-state index in [1.807, 2.05) is 0 Å². The summed E-state index contributed by atoms with van der Waals surface area (Å²) in [6, 6.07) is 7.14. The lowest BCUT2D eigenvalue weighted by Gasteiger charge is -2.29. The molecule has 1 saturated carbocycles. The number of carbonyl (C=O) groups is 1. The molecule has 8 heteroatoms. The van der Waals surface area contributed by atoms with Crippen molar-refractivity contribution in [3.63, 3.8) is 0 Å². The van der Waals surface area contributed by atoms with Gasteiger partial charge in [-0.05, 0) is 49.9 Å². The van der Waals surface area contributed by atoms with Crippen LogP contribution >= 0.6 is 0 Å². The van der Waals surface area contributed by atoms with Crippen LogP contribution in [0.5, 0.6) is 17.5 Å². The summed E-state index contributed by atoms with van der Waals surface area (Å²) in [4.78, 5) is 20.4. The molecular weight excluding hydrogens is 348 g/mol. The monoisotopic (exact) mass is 372 g/mol. The number of carbonyl (C=O) groups excluding carboxylic acids is 1. The second-order valence-corrected chi connectivity index (χ2v) is 6.32. The van der Waals surface area contributed by atoms with Crippen molar-refractivity contribution in [2.75, 3.05) is 19.5 Å². The van der Waals surface area contributed by atoms with E-state index >= 15 is 0 Å². The van der Waals surface area contributed by atoms with E-state index in [1.165, 1.54) is 6.20 Å². The lowest BCUT2D eigenvalue weighted by atomic mass is 9.93. The summed E-state index contributed by atoms with van der Waals surface area (Å²) in [5.74, 6) is 1.64. The highest BCUT2D eigenvalue weighted by Gasteiger charge is 2.24. The van der Waals surface area contributed by atoms with Crippen molar-refractivity contribution in [1.82, 2.24) is 15.3 Å². The standard InChI is InChI=1S/C19H24N4O4/c1-25-15-7-3-13(4-8-15)21-19(24)22-14-5-9-16(10-6-14)27-18-12-20-11-17(23-18)26-2/h3-4,7-8,11-12,14,16H,5-6,9-10H2,1-2H3,(H2,21,22,24). The Bertz CT molecular complexity index is 746. The molecule has 0 unspecified atom stereocenters. The second kappa shape index (κ2) is 9.07. The van der Waals surface area contributed by atoms with Crippen LogP contribution in [0.25, 0.3) is 0 Å². The van der Waals surface area contributed by atoms with Crippen LogP contribution in [0.3, 0.4) is 0 Å². The number of nitrogens with zero attached hydrogens (tertiary/aromatic N) is 2. The predicted molar refractivity (Wildman–Crippen MR) is 100 cm³/mol.